The second-order valence-corrected chi connectivity index (χ2v) is 5.36. The number of rotatable bonds is 9. The summed E-state index contributed by atoms with van der Waals surface area (Å²) in [5.41, 5.74) is 6.62. The molecule has 1 rings (SSSR count). The lowest BCUT2D eigenvalue weighted by molar-refractivity contribution is -0.123. The molecule has 1 amide bonds. The quantitative estimate of drug-likeness (QED) is 0.679. The van der Waals surface area contributed by atoms with Gasteiger partial charge in [0.15, 0.2) is 0 Å². The van der Waals surface area contributed by atoms with Crippen molar-refractivity contribution in [1.29, 1.82) is 0 Å². The molecule has 24 heavy (non-hydrogen) atoms. The molecule has 0 aliphatic carbocycles. The van der Waals surface area contributed by atoms with Crippen LogP contribution in [0.4, 0.5) is 0 Å². The maximum Gasteiger partial charge on any atom is 0.222 e. The fourth-order valence-corrected chi connectivity index (χ4v) is 2.20. The van der Waals surface area contributed by atoms with Gasteiger partial charge in [0.25, 0.3) is 0 Å². The van der Waals surface area contributed by atoms with Crippen molar-refractivity contribution in [2.75, 3.05) is 41.4 Å². The minimum atomic E-state index is -0.241. The summed E-state index contributed by atoms with van der Waals surface area (Å²) in [7, 11) is 7.16. The van der Waals surface area contributed by atoms with Gasteiger partial charge in [0.2, 0.25) is 5.91 Å². The lowest BCUT2D eigenvalue weighted by atomic mass is 10.1. The van der Waals surface area contributed by atoms with Crippen LogP contribution in [-0.4, -0.2) is 58.3 Å². The Labute approximate surface area is 156 Å². The van der Waals surface area contributed by atoms with Gasteiger partial charge in [-0.2, -0.15) is 0 Å². The number of ether oxygens (including phenoxy) is 2. The number of carbonyl (C=O) groups excluding carboxylic acids is 1. The molecule has 0 aliphatic heterocycles. The molecule has 0 saturated carbocycles. The summed E-state index contributed by atoms with van der Waals surface area (Å²) in [4.78, 5) is 14.0. The summed E-state index contributed by atoms with van der Waals surface area (Å²) in [5.74, 6) is 0.741. The van der Waals surface area contributed by atoms with Crippen LogP contribution < -0.4 is 15.8 Å². The number of methoxy groups -OCH3 is 2. The van der Waals surface area contributed by atoms with Crippen LogP contribution in [0.25, 0.3) is 0 Å². The molecule has 0 aliphatic rings. The van der Waals surface area contributed by atoms with Crippen molar-refractivity contribution >= 4 is 30.7 Å². The number of likely N-dealkylation sites (N-methyl/N-ethyl adjacent to an activating group) is 1. The van der Waals surface area contributed by atoms with Gasteiger partial charge in [-0.3, -0.25) is 4.79 Å². The predicted molar refractivity (Wildman–Crippen MR) is 101 cm³/mol. The van der Waals surface area contributed by atoms with Crippen LogP contribution in [-0.2, 0) is 9.53 Å². The number of hydrogen-bond donors (Lipinski definition) is 2. The number of nitrogens with two attached hydrogens (primary N) is 1. The molecule has 0 spiro atoms. The van der Waals surface area contributed by atoms with Gasteiger partial charge in [0, 0.05) is 20.2 Å². The van der Waals surface area contributed by atoms with Crippen molar-refractivity contribution in [3.8, 4) is 5.75 Å². The minimum Gasteiger partial charge on any atom is -0.497 e. The van der Waals surface area contributed by atoms with Crippen molar-refractivity contribution in [2.45, 2.75) is 18.6 Å². The van der Waals surface area contributed by atoms with Gasteiger partial charge in [0.05, 0.1) is 25.7 Å². The van der Waals surface area contributed by atoms with Crippen LogP contribution >= 0.6 is 24.8 Å². The zero-order chi connectivity index (χ0) is 16.5. The number of hydrogen-bond acceptors (Lipinski definition) is 5. The summed E-state index contributed by atoms with van der Waals surface area (Å²) in [6, 6.07) is 7.92. The molecule has 8 heteroatoms. The molecular weight excluding hydrogens is 353 g/mol. The molecule has 0 fully saturated rings. The molecule has 2 atom stereocenters. The highest BCUT2D eigenvalue weighted by molar-refractivity contribution is 5.85. The second-order valence-electron chi connectivity index (χ2n) is 5.36. The van der Waals surface area contributed by atoms with E-state index < -0.39 is 0 Å². The van der Waals surface area contributed by atoms with Crippen molar-refractivity contribution < 1.29 is 14.3 Å². The first-order valence-electron chi connectivity index (χ1n) is 7.31. The lowest BCUT2D eigenvalue weighted by Gasteiger charge is -2.25. The topological polar surface area (TPSA) is 76.8 Å². The Balaban J connectivity index is 0. The molecule has 1 aromatic carbocycles. The van der Waals surface area contributed by atoms with Crippen LogP contribution in [0.15, 0.2) is 24.3 Å². The first-order chi connectivity index (χ1) is 10.5. The Hall–Kier alpha value is -1.05. The fraction of sp³-hybridized carbons (Fsp3) is 0.562. The van der Waals surface area contributed by atoms with E-state index in [-0.39, 0.29) is 49.3 Å². The van der Waals surface area contributed by atoms with Gasteiger partial charge in [0.1, 0.15) is 5.75 Å². The molecule has 0 radical (unpaired) electrons. The van der Waals surface area contributed by atoms with E-state index in [0.717, 1.165) is 11.3 Å². The number of halogens is 2. The third-order valence-electron chi connectivity index (χ3n) is 3.60. The monoisotopic (exact) mass is 381 g/mol. The highest BCUT2D eigenvalue weighted by atomic mass is 35.5. The third-order valence-corrected chi connectivity index (χ3v) is 3.60. The zero-order valence-corrected chi connectivity index (χ0v) is 16.3. The first-order valence-corrected chi connectivity index (χ1v) is 7.31. The number of nitrogens with zero attached hydrogens (tertiary/aromatic N) is 1. The zero-order valence-electron chi connectivity index (χ0n) is 14.7. The number of amides is 1. The molecule has 0 heterocycles. The van der Waals surface area contributed by atoms with Crippen LogP contribution in [0.5, 0.6) is 5.75 Å². The Kier molecular flexibility index (Phi) is 13.9. The molecule has 2 unspecified atom stereocenters. The minimum absolute atomic E-state index is 0. The van der Waals surface area contributed by atoms with E-state index in [1.165, 1.54) is 0 Å². The Morgan fingerprint density at radius 1 is 1.29 bits per heavy atom. The van der Waals surface area contributed by atoms with E-state index in [4.69, 9.17) is 15.2 Å². The number of benzene rings is 1. The van der Waals surface area contributed by atoms with E-state index in [1.807, 2.05) is 38.4 Å². The molecule has 0 bridgehead atoms. The van der Waals surface area contributed by atoms with Crippen LogP contribution in [0.3, 0.4) is 0 Å². The van der Waals surface area contributed by atoms with Crippen LogP contribution in [0.2, 0.25) is 0 Å². The average molecular weight is 382 g/mol. The molecule has 140 valence electrons. The van der Waals surface area contributed by atoms with E-state index in [1.54, 1.807) is 14.2 Å². The molecule has 0 aromatic heterocycles. The van der Waals surface area contributed by atoms with Crippen LogP contribution in [0.1, 0.15) is 18.0 Å². The lowest BCUT2D eigenvalue weighted by Crippen LogP contribution is -2.37. The second kappa shape index (κ2) is 13.3. The standard InChI is InChI=1S/C16H27N3O3.2ClH/c1-19(2)15(12-6-5-7-13(8-12)21-3)11-18-16(20)9-14(10-17)22-4;;/h5-8,14-15H,9-11,17H2,1-4H3,(H,18,20);2*1H. The average Bonchev–Trinajstić information content (AvgIpc) is 2.52. The van der Waals surface area contributed by atoms with Crippen molar-refractivity contribution in [2.24, 2.45) is 5.73 Å². The van der Waals surface area contributed by atoms with Gasteiger partial charge in [-0.15, -0.1) is 24.8 Å². The molecular formula is C16H29Cl2N3O3. The molecule has 6 nitrogen and oxygen atoms in total. The summed E-state index contributed by atoms with van der Waals surface area (Å²) in [6.45, 7) is 0.844. The smallest absolute Gasteiger partial charge is 0.222 e. The van der Waals surface area contributed by atoms with Crippen molar-refractivity contribution in [3.63, 3.8) is 0 Å². The van der Waals surface area contributed by atoms with Gasteiger partial charge in [-0.25, -0.2) is 0 Å². The van der Waals surface area contributed by atoms with E-state index in [0.29, 0.717) is 13.1 Å². The van der Waals surface area contributed by atoms with E-state index in [9.17, 15) is 4.79 Å². The maximum absolute atomic E-state index is 12.0. The van der Waals surface area contributed by atoms with Gasteiger partial charge >= 0.3 is 0 Å². The highest BCUT2D eigenvalue weighted by Crippen LogP contribution is 2.22. The summed E-state index contributed by atoms with van der Waals surface area (Å²) in [6.07, 6.45) is 0.0280. The van der Waals surface area contributed by atoms with Gasteiger partial charge < -0.3 is 25.4 Å². The SMILES string of the molecule is COc1cccc(C(CNC(=O)CC(CN)OC)N(C)C)c1.Cl.Cl. The number of nitrogens with one attached hydrogen (secondary N) is 1. The van der Waals surface area contributed by atoms with E-state index in [2.05, 4.69) is 10.2 Å². The van der Waals surface area contributed by atoms with Crippen LogP contribution in [0, 0.1) is 0 Å². The number of carbonyl (C=O) groups is 1. The van der Waals surface area contributed by atoms with Gasteiger partial charge in [-0.1, -0.05) is 12.1 Å². The Morgan fingerprint density at radius 2 is 1.96 bits per heavy atom. The first kappa shape index (κ1) is 25.2. The Morgan fingerprint density at radius 3 is 2.46 bits per heavy atom. The molecule has 3 N–H and O–H groups in total. The molecule has 1 aromatic rings. The summed E-state index contributed by atoms with van der Waals surface area (Å²) >= 11 is 0. The molecule has 0 saturated heterocycles. The maximum atomic E-state index is 12.0. The fourth-order valence-electron chi connectivity index (χ4n) is 2.20. The normalized spacial score (nSPS) is 12.6. The van der Waals surface area contributed by atoms with Crippen molar-refractivity contribution in [1.82, 2.24) is 10.2 Å². The summed E-state index contributed by atoms with van der Waals surface area (Å²) in [5, 5.41) is 2.94. The highest BCUT2D eigenvalue weighted by Gasteiger charge is 2.17. The summed E-state index contributed by atoms with van der Waals surface area (Å²) < 4.78 is 10.4. The largest absolute Gasteiger partial charge is 0.497 e. The van der Waals surface area contributed by atoms with Gasteiger partial charge in [-0.05, 0) is 31.8 Å². The van der Waals surface area contributed by atoms with Crippen molar-refractivity contribution in [3.05, 3.63) is 29.8 Å². The predicted octanol–water partition coefficient (Wildman–Crippen LogP) is 1.62. The third kappa shape index (κ3) is 8.17. The Bertz CT molecular complexity index is 472. The van der Waals surface area contributed by atoms with E-state index >= 15 is 0 Å².